The van der Waals surface area contributed by atoms with Crippen molar-refractivity contribution in [3.63, 3.8) is 0 Å². The number of aliphatic hydroxyl groups is 1. The molecular formula is C10H23NO. The molecule has 0 aliphatic carbocycles. The second-order valence-electron chi connectivity index (χ2n) is 3.61. The first-order valence-electron chi connectivity index (χ1n) is 5.09. The quantitative estimate of drug-likeness (QED) is 0.615. The minimum atomic E-state index is -0.154. The van der Waals surface area contributed by atoms with E-state index in [-0.39, 0.29) is 6.10 Å². The van der Waals surface area contributed by atoms with Gasteiger partial charge in [-0.3, -0.25) is 0 Å². The highest BCUT2D eigenvalue weighted by Crippen LogP contribution is 1.98. The molecule has 0 aromatic carbocycles. The van der Waals surface area contributed by atoms with Crippen LogP contribution >= 0.6 is 0 Å². The van der Waals surface area contributed by atoms with E-state index in [1.807, 2.05) is 0 Å². The van der Waals surface area contributed by atoms with Crippen LogP contribution in [-0.2, 0) is 0 Å². The molecule has 0 heterocycles. The van der Waals surface area contributed by atoms with Crippen LogP contribution in [0.3, 0.4) is 0 Å². The van der Waals surface area contributed by atoms with Gasteiger partial charge in [0.05, 0.1) is 6.10 Å². The highest BCUT2D eigenvalue weighted by Gasteiger charge is 2.02. The van der Waals surface area contributed by atoms with E-state index in [0.717, 1.165) is 31.8 Å². The summed E-state index contributed by atoms with van der Waals surface area (Å²) >= 11 is 0. The van der Waals surface area contributed by atoms with E-state index < -0.39 is 0 Å². The molecule has 0 fully saturated rings. The largest absolute Gasteiger partial charge is 0.392 e. The first-order valence-corrected chi connectivity index (χ1v) is 5.09. The van der Waals surface area contributed by atoms with Crippen molar-refractivity contribution in [3.05, 3.63) is 0 Å². The lowest BCUT2D eigenvalue weighted by Crippen LogP contribution is -2.29. The van der Waals surface area contributed by atoms with Gasteiger partial charge in [-0.05, 0) is 18.9 Å². The van der Waals surface area contributed by atoms with Crippen molar-refractivity contribution in [1.82, 2.24) is 5.32 Å². The van der Waals surface area contributed by atoms with Gasteiger partial charge in [0.15, 0.2) is 0 Å². The van der Waals surface area contributed by atoms with Crippen molar-refractivity contribution >= 4 is 0 Å². The van der Waals surface area contributed by atoms with Crippen LogP contribution in [0.4, 0.5) is 0 Å². The monoisotopic (exact) mass is 173 g/mol. The fraction of sp³-hybridized carbons (Fsp3) is 1.00. The van der Waals surface area contributed by atoms with E-state index in [4.69, 9.17) is 0 Å². The van der Waals surface area contributed by atoms with Gasteiger partial charge in [0, 0.05) is 6.54 Å². The molecule has 2 unspecified atom stereocenters. The molecule has 0 aliphatic rings. The van der Waals surface area contributed by atoms with Crippen LogP contribution in [0.15, 0.2) is 0 Å². The first-order chi connectivity index (χ1) is 5.70. The Labute approximate surface area is 76.4 Å². The summed E-state index contributed by atoms with van der Waals surface area (Å²) in [6.45, 7) is 8.28. The fourth-order valence-corrected chi connectivity index (χ4v) is 1.08. The minimum Gasteiger partial charge on any atom is -0.392 e. The predicted molar refractivity (Wildman–Crippen MR) is 53.2 cm³/mol. The van der Waals surface area contributed by atoms with Crippen LogP contribution in [0.5, 0.6) is 0 Å². The van der Waals surface area contributed by atoms with Gasteiger partial charge in [-0.25, -0.2) is 0 Å². The van der Waals surface area contributed by atoms with Crippen LogP contribution in [0.25, 0.3) is 0 Å². The fourth-order valence-electron chi connectivity index (χ4n) is 1.08. The summed E-state index contributed by atoms with van der Waals surface area (Å²) in [5, 5.41) is 12.6. The lowest BCUT2D eigenvalue weighted by Gasteiger charge is -2.13. The third kappa shape index (κ3) is 6.62. The lowest BCUT2D eigenvalue weighted by molar-refractivity contribution is 0.159. The topological polar surface area (TPSA) is 32.3 Å². The molecule has 0 spiro atoms. The average molecular weight is 173 g/mol. The Kier molecular flexibility index (Phi) is 7.51. The molecule has 2 N–H and O–H groups in total. The van der Waals surface area contributed by atoms with Crippen molar-refractivity contribution in [3.8, 4) is 0 Å². The molecule has 2 nitrogen and oxygen atoms in total. The van der Waals surface area contributed by atoms with Gasteiger partial charge in [0.25, 0.3) is 0 Å². The van der Waals surface area contributed by atoms with E-state index >= 15 is 0 Å². The Morgan fingerprint density at radius 3 is 2.42 bits per heavy atom. The second-order valence-corrected chi connectivity index (χ2v) is 3.61. The third-order valence-corrected chi connectivity index (χ3v) is 2.19. The molecule has 2 atom stereocenters. The minimum absolute atomic E-state index is 0.154. The molecule has 0 radical (unpaired) electrons. The van der Waals surface area contributed by atoms with Crippen LogP contribution in [0.2, 0.25) is 0 Å². The molecule has 74 valence electrons. The van der Waals surface area contributed by atoms with Crippen LogP contribution < -0.4 is 5.32 Å². The van der Waals surface area contributed by atoms with Crippen molar-refractivity contribution < 1.29 is 5.11 Å². The van der Waals surface area contributed by atoms with Crippen molar-refractivity contribution in [1.29, 1.82) is 0 Å². The molecule has 12 heavy (non-hydrogen) atoms. The molecule has 0 saturated heterocycles. The lowest BCUT2D eigenvalue weighted by atomic mass is 10.1. The van der Waals surface area contributed by atoms with E-state index in [9.17, 15) is 5.11 Å². The Balaban J connectivity index is 3.18. The summed E-state index contributed by atoms with van der Waals surface area (Å²) in [6, 6.07) is 0. The van der Waals surface area contributed by atoms with Gasteiger partial charge < -0.3 is 10.4 Å². The highest BCUT2D eigenvalue weighted by atomic mass is 16.3. The van der Waals surface area contributed by atoms with E-state index in [1.54, 1.807) is 0 Å². The summed E-state index contributed by atoms with van der Waals surface area (Å²) in [5.41, 5.74) is 0. The Morgan fingerprint density at radius 1 is 1.25 bits per heavy atom. The molecule has 0 rings (SSSR count). The van der Waals surface area contributed by atoms with Crippen LogP contribution in [0, 0.1) is 5.92 Å². The normalized spacial score (nSPS) is 16.0. The van der Waals surface area contributed by atoms with Crippen molar-refractivity contribution in [2.24, 2.45) is 5.92 Å². The van der Waals surface area contributed by atoms with E-state index in [1.165, 1.54) is 6.42 Å². The highest BCUT2D eigenvalue weighted by molar-refractivity contribution is 4.60. The number of aliphatic hydroxyl groups excluding tert-OH is 1. The van der Waals surface area contributed by atoms with Gasteiger partial charge in [0.1, 0.15) is 0 Å². The van der Waals surface area contributed by atoms with Gasteiger partial charge in [-0.2, -0.15) is 0 Å². The summed E-state index contributed by atoms with van der Waals surface area (Å²) in [7, 11) is 0. The molecule has 2 heteroatoms. The first kappa shape index (κ1) is 11.9. The van der Waals surface area contributed by atoms with Crippen molar-refractivity contribution in [2.75, 3.05) is 13.1 Å². The summed E-state index contributed by atoms with van der Waals surface area (Å²) in [6.07, 6.45) is 3.02. The molecule has 0 saturated carbocycles. The third-order valence-electron chi connectivity index (χ3n) is 2.19. The zero-order valence-corrected chi connectivity index (χ0v) is 8.64. The standard InChI is InChI=1S/C10H23NO/c1-4-6-10(12)8-11-7-9(3)5-2/h9-12H,4-8H2,1-3H3. The van der Waals surface area contributed by atoms with Gasteiger partial charge in [-0.1, -0.05) is 33.6 Å². The zero-order chi connectivity index (χ0) is 9.40. The Bertz CT molecular complexity index is 95.8. The number of hydrogen-bond donors (Lipinski definition) is 2. The maximum Gasteiger partial charge on any atom is 0.0664 e. The number of rotatable bonds is 7. The summed E-state index contributed by atoms with van der Waals surface area (Å²) < 4.78 is 0. The second kappa shape index (κ2) is 7.56. The van der Waals surface area contributed by atoms with Crippen molar-refractivity contribution in [2.45, 2.75) is 46.1 Å². The molecule has 0 aromatic rings. The molecular weight excluding hydrogens is 150 g/mol. The smallest absolute Gasteiger partial charge is 0.0664 e. The molecule has 0 aliphatic heterocycles. The maximum absolute atomic E-state index is 9.37. The van der Waals surface area contributed by atoms with E-state index in [0.29, 0.717) is 0 Å². The summed E-state index contributed by atoms with van der Waals surface area (Å²) in [4.78, 5) is 0. The van der Waals surface area contributed by atoms with Crippen LogP contribution in [-0.4, -0.2) is 24.3 Å². The summed E-state index contributed by atoms with van der Waals surface area (Å²) in [5.74, 6) is 0.721. The predicted octanol–water partition coefficient (Wildman–Crippen LogP) is 1.78. The van der Waals surface area contributed by atoms with E-state index in [2.05, 4.69) is 26.1 Å². The number of nitrogens with one attached hydrogen (secondary N) is 1. The zero-order valence-electron chi connectivity index (χ0n) is 8.64. The van der Waals surface area contributed by atoms with Crippen LogP contribution in [0.1, 0.15) is 40.0 Å². The van der Waals surface area contributed by atoms with Gasteiger partial charge in [-0.15, -0.1) is 0 Å². The molecule has 0 amide bonds. The maximum atomic E-state index is 9.37. The average Bonchev–Trinajstić information content (AvgIpc) is 2.04. The Morgan fingerprint density at radius 2 is 1.92 bits per heavy atom. The van der Waals surface area contributed by atoms with Gasteiger partial charge >= 0.3 is 0 Å². The Hall–Kier alpha value is -0.0800. The SMILES string of the molecule is CCCC(O)CNCC(C)CC. The number of hydrogen-bond acceptors (Lipinski definition) is 2. The van der Waals surface area contributed by atoms with Gasteiger partial charge in [0.2, 0.25) is 0 Å². The molecule has 0 aromatic heterocycles. The molecule has 0 bridgehead atoms.